The molecule has 110 valence electrons. The van der Waals surface area contributed by atoms with E-state index in [4.69, 9.17) is 5.73 Å². The third-order valence-electron chi connectivity index (χ3n) is 2.57. The van der Waals surface area contributed by atoms with E-state index in [2.05, 4.69) is 26.2 Å². The lowest BCUT2D eigenvalue weighted by Crippen LogP contribution is -2.13. The lowest BCUT2D eigenvalue weighted by molar-refractivity contribution is -0.141. The molecule has 1 heterocycles. The first-order valence-electron chi connectivity index (χ1n) is 5.67. The highest BCUT2D eigenvalue weighted by Crippen LogP contribution is 2.28. The number of hydrogen-bond acceptors (Lipinski definition) is 3. The second-order valence-corrected chi connectivity index (χ2v) is 4.97. The third-order valence-corrected chi connectivity index (χ3v) is 3.26. The smallest absolute Gasteiger partial charge is 0.398 e. The summed E-state index contributed by atoms with van der Waals surface area (Å²) in [6, 6.07) is 6.51. The zero-order valence-corrected chi connectivity index (χ0v) is 12.0. The van der Waals surface area contributed by atoms with Crippen LogP contribution in [-0.4, -0.2) is 10.9 Å². The molecule has 0 bridgehead atoms. The van der Waals surface area contributed by atoms with Gasteiger partial charge >= 0.3 is 6.18 Å². The van der Waals surface area contributed by atoms with E-state index in [-0.39, 0.29) is 5.69 Å². The van der Waals surface area contributed by atoms with Gasteiger partial charge < -0.3 is 11.1 Å². The number of carbonyl (C=O) groups excluding carboxylic acids is 1. The van der Waals surface area contributed by atoms with E-state index in [1.54, 1.807) is 6.07 Å². The van der Waals surface area contributed by atoms with Crippen LogP contribution in [0.5, 0.6) is 0 Å². The molecule has 21 heavy (non-hydrogen) atoms. The van der Waals surface area contributed by atoms with Gasteiger partial charge in [0.2, 0.25) is 0 Å². The van der Waals surface area contributed by atoms with Crippen molar-refractivity contribution in [3.05, 3.63) is 52.3 Å². The number of halogens is 4. The summed E-state index contributed by atoms with van der Waals surface area (Å²) in [5.74, 6) is -0.475. The molecule has 0 aliphatic heterocycles. The molecule has 4 nitrogen and oxygen atoms in total. The summed E-state index contributed by atoms with van der Waals surface area (Å²) in [6.45, 7) is 0. The summed E-state index contributed by atoms with van der Waals surface area (Å²) in [5.41, 5.74) is 5.54. The van der Waals surface area contributed by atoms with Crippen molar-refractivity contribution in [2.75, 3.05) is 11.1 Å². The Balaban J connectivity index is 2.14. The molecule has 0 radical (unpaired) electrons. The molecule has 0 saturated heterocycles. The summed E-state index contributed by atoms with van der Waals surface area (Å²) in [7, 11) is 0. The Hall–Kier alpha value is -2.09. The normalized spacial score (nSPS) is 11.2. The van der Waals surface area contributed by atoms with Gasteiger partial charge in [-0.2, -0.15) is 13.2 Å². The van der Waals surface area contributed by atoms with Crippen LogP contribution in [0.3, 0.4) is 0 Å². The van der Waals surface area contributed by atoms with Crippen LogP contribution in [0.25, 0.3) is 0 Å². The Morgan fingerprint density at radius 2 is 1.95 bits per heavy atom. The number of carbonyl (C=O) groups is 1. The predicted molar refractivity (Wildman–Crippen MR) is 75.7 cm³/mol. The molecule has 0 aliphatic carbocycles. The minimum Gasteiger partial charge on any atom is -0.398 e. The summed E-state index contributed by atoms with van der Waals surface area (Å²) in [5, 5.41) is 2.45. The van der Waals surface area contributed by atoms with Gasteiger partial charge in [0.25, 0.3) is 5.91 Å². The number of anilines is 2. The summed E-state index contributed by atoms with van der Waals surface area (Å²) in [6.07, 6.45) is -3.56. The van der Waals surface area contributed by atoms with Gasteiger partial charge in [-0.3, -0.25) is 4.79 Å². The number of alkyl halides is 3. The number of pyridine rings is 1. The molecule has 1 amide bonds. The van der Waals surface area contributed by atoms with E-state index < -0.39 is 17.8 Å². The quantitative estimate of drug-likeness (QED) is 0.803. The Labute approximate surface area is 126 Å². The van der Waals surface area contributed by atoms with E-state index in [1.807, 2.05) is 0 Å². The highest BCUT2D eigenvalue weighted by atomic mass is 79.9. The second kappa shape index (κ2) is 5.72. The van der Waals surface area contributed by atoms with Gasteiger partial charge in [-0.1, -0.05) is 0 Å². The van der Waals surface area contributed by atoms with E-state index in [0.29, 0.717) is 15.7 Å². The molecule has 2 aromatic rings. The first-order valence-corrected chi connectivity index (χ1v) is 6.46. The lowest BCUT2D eigenvalue weighted by atomic mass is 10.2. The van der Waals surface area contributed by atoms with Gasteiger partial charge in [0, 0.05) is 15.7 Å². The van der Waals surface area contributed by atoms with E-state index in [1.165, 1.54) is 12.1 Å². The number of rotatable bonds is 2. The zero-order valence-electron chi connectivity index (χ0n) is 10.4. The molecule has 0 aliphatic rings. The van der Waals surface area contributed by atoms with Gasteiger partial charge in [-0.15, -0.1) is 0 Å². The fraction of sp³-hybridized carbons (Fsp3) is 0.0769. The summed E-state index contributed by atoms with van der Waals surface area (Å²) < 4.78 is 37.6. The highest BCUT2D eigenvalue weighted by Gasteiger charge is 2.32. The van der Waals surface area contributed by atoms with Gasteiger partial charge in [0.05, 0.1) is 11.9 Å². The number of nitrogens with one attached hydrogen (secondary N) is 1. The van der Waals surface area contributed by atoms with Crippen LogP contribution >= 0.6 is 15.9 Å². The van der Waals surface area contributed by atoms with Crippen molar-refractivity contribution >= 4 is 33.2 Å². The summed E-state index contributed by atoms with van der Waals surface area (Å²) >= 11 is 3.19. The largest absolute Gasteiger partial charge is 0.433 e. The van der Waals surface area contributed by atoms with Crippen molar-refractivity contribution < 1.29 is 18.0 Å². The van der Waals surface area contributed by atoms with Crippen molar-refractivity contribution in [1.82, 2.24) is 4.98 Å². The number of nitrogens with zero attached hydrogens (tertiary/aromatic N) is 1. The molecule has 1 aromatic heterocycles. The van der Waals surface area contributed by atoms with Crippen LogP contribution in [0.1, 0.15) is 16.1 Å². The molecule has 2 rings (SSSR count). The Bertz CT molecular complexity index is 671. The van der Waals surface area contributed by atoms with Crippen LogP contribution in [0.15, 0.2) is 41.0 Å². The van der Waals surface area contributed by atoms with Crippen molar-refractivity contribution in [3.63, 3.8) is 0 Å². The predicted octanol–water partition coefficient (Wildman–Crippen LogP) is 3.70. The number of nitrogens with two attached hydrogens (primary N) is 1. The van der Waals surface area contributed by atoms with Crippen molar-refractivity contribution in [2.45, 2.75) is 6.18 Å². The topological polar surface area (TPSA) is 68.0 Å². The van der Waals surface area contributed by atoms with Crippen LogP contribution in [0, 0.1) is 0 Å². The molecule has 0 unspecified atom stereocenters. The molecule has 1 aromatic carbocycles. The molecule has 8 heteroatoms. The van der Waals surface area contributed by atoms with Gasteiger partial charge in [-0.25, -0.2) is 4.98 Å². The average molecular weight is 360 g/mol. The maximum absolute atomic E-state index is 12.4. The van der Waals surface area contributed by atoms with Crippen molar-refractivity contribution in [3.8, 4) is 0 Å². The monoisotopic (exact) mass is 359 g/mol. The SMILES string of the molecule is Nc1ccc(C(=O)Nc2ccc(C(F)(F)F)nc2)cc1Br. The standard InChI is InChI=1S/C13H9BrF3N3O/c14-9-5-7(1-3-10(9)18)12(21)20-8-2-4-11(19-6-8)13(15,16)17/h1-6H,18H2,(H,20,21). The van der Waals surface area contributed by atoms with Gasteiger partial charge in [0.1, 0.15) is 5.69 Å². The van der Waals surface area contributed by atoms with Gasteiger partial charge in [-0.05, 0) is 46.3 Å². The number of aromatic nitrogens is 1. The minimum absolute atomic E-state index is 0.168. The zero-order chi connectivity index (χ0) is 15.6. The summed E-state index contributed by atoms with van der Waals surface area (Å²) in [4.78, 5) is 15.2. The van der Waals surface area contributed by atoms with Crippen molar-refractivity contribution in [1.29, 1.82) is 0 Å². The highest BCUT2D eigenvalue weighted by molar-refractivity contribution is 9.10. The average Bonchev–Trinajstić information content (AvgIpc) is 2.41. The fourth-order valence-corrected chi connectivity index (χ4v) is 1.89. The first kappa shape index (κ1) is 15.3. The molecule has 0 saturated carbocycles. The van der Waals surface area contributed by atoms with Crippen LogP contribution < -0.4 is 11.1 Å². The number of benzene rings is 1. The Kier molecular flexibility index (Phi) is 4.17. The molecule has 3 N–H and O–H groups in total. The maximum Gasteiger partial charge on any atom is 0.433 e. The minimum atomic E-state index is -4.51. The van der Waals surface area contributed by atoms with Crippen LogP contribution in [0.4, 0.5) is 24.5 Å². The Morgan fingerprint density at radius 1 is 1.24 bits per heavy atom. The lowest BCUT2D eigenvalue weighted by Gasteiger charge is -2.08. The molecule has 0 fully saturated rings. The maximum atomic E-state index is 12.4. The number of amides is 1. The fourth-order valence-electron chi connectivity index (χ4n) is 1.51. The first-order chi connectivity index (χ1) is 9.77. The van der Waals surface area contributed by atoms with E-state index >= 15 is 0 Å². The molecular formula is C13H9BrF3N3O. The van der Waals surface area contributed by atoms with E-state index in [0.717, 1.165) is 18.3 Å². The second-order valence-electron chi connectivity index (χ2n) is 4.12. The van der Waals surface area contributed by atoms with Crippen molar-refractivity contribution in [2.24, 2.45) is 0 Å². The van der Waals surface area contributed by atoms with E-state index in [9.17, 15) is 18.0 Å². The number of nitrogen functional groups attached to an aromatic ring is 1. The molecule has 0 spiro atoms. The molecule has 0 atom stereocenters. The third kappa shape index (κ3) is 3.72. The van der Waals surface area contributed by atoms with Crippen LogP contribution in [0.2, 0.25) is 0 Å². The van der Waals surface area contributed by atoms with Gasteiger partial charge in [0.15, 0.2) is 0 Å². The van der Waals surface area contributed by atoms with Crippen LogP contribution in [-0.2, 0) is 6.18 Å². The number of hydrogen-bond donors (Lipinski definition) is 2. The molecular weight excluding hydrogens is 351 g/mol. The Morgan fingerprint density at radius 3 is 2.48 bits per heavy atom.